The fraction of sp³-hybridized carbons (Fsp3) is 1.00. The maximum Gasteiger partial charge on any atom is 0.0605 e. The lowest BCUT2D eigenvalue weighted by atomic mass is 10.0. The molecule has 1 N–H and O–H groups in total. The summed E-state index contributed by atoms with van der Waals surface area (Å²) in [5.41, 5.74) is 0. The van der Waals surface area contributed by atoms with E-state index in [1.54, 1.807) is 0 Å². The zero-order valence-electron chi connectivity index (χ0n) is 8.59. The second kappa shape index (κ2) is 4.43. The van der Waals surface area contributed by atoms with Gasteiger partial charge in [0, 0.05) is 6.04 Å². The van der Waals surface area contributed by atoms with Gasteiger partial charge in [0.1, 0.15) is 0 Å². The molecule has 1 saturated heterocycles. The smallest absolute Gasteiger partial charge is 0.0605 e. The summed E-state index contributed by atoms with van der Waals surface area (Å²) in [6, 6.07) is 0.653. The average molecular weight is 183 g/mol. The van der Waals surface area contributed by atoms with Crippen molar-refractivity contribution in [1.29, 1.82) is 0 Å². The van der Waals surface area contributed by atoms with E-state index in [4.69, 9.17) is 4.74 Å². The predicted molar refractivity (Wildman–Crippen MR) is 53.8 cm³/mol. The minimum absolute atomic E-state index is 0.541. The molecule has 2 fully saturated rings. The number of hydrogen-bond acceptors (Lipinski definition) is 2. The molecule has 0 aromatic rings. The standard InChI is InChI=1S/C11H21NO/c1-9-8-11(6-7-12-9)13-10-4-2-3-5-10/h9-12H,2-8H2,1H3. The van der Waals surface area contributed by atoms with E-state index in [1.807, 2.05) is 0 Å². The molecule has 2 aliphatic rings. The zero-order valence-corrected chi connectivity index (χ0v) is 8.59. The fourth-order valence-electron chi connectivity index (χ4n) is 2.51. The summed E-state index contributed by atoms with van der Waals surface area (Å²) in [4.78, 5) is 0. The molecule has 2 unspecified atom stereocenters. The number of nitrogens with one attached hydrogen (secondary N) is 1. The van der Waals surface area contributed by atoms with Crippen molar-refractivity contribution in [2.45, 2.75) is 63.7 Å². The zero-order chi connectivity index (χ0) is 9.10. The van der Waals surface area contributed by atoms with Gasteiger partial charge in [-0.3, -0.25) is 0 Å². The number of hydrogen-bond donors (Lipinski definition) is 1. The molecule has 0 radical (unpaired) electrons. The molecule has 0 aromatic heterocycles. The van der Waals surface area contributed by atoms with Crippen LogP contribution in [0.2, 0.25) is 0 Å². The third kappa shape index (κ3) is 2.68. The van der Waals surface area contributed by atoms with E-state index in [9.17, 15) is 0 Å². The molecule has 1 saturated carbocycles. The van der Waals surface area contributed by atoms with E-state index in [-0.39, 0.29) is 0 Å². The van der Waals surface area contributed by atoms with Gasteiger partial charge >= 0.3 is 0 Å². The SMILES string of the molecule is CC1CC(OC2CCCC2)CCN1. The van der Waals surface area contributed by atoms with Gasteiger partial charge in [-0.25, -0.2) is 0 Å². The van der Waals surface area contributed by atoms with E-state index < -0.39 is 0 Å². The Kier molecular flexibility index (Phi) is 3.23. The molecule has 2 nitrogen and oxygen atoms in total. The molecular formula is C11H21NO. The first-order valence-electron chi connectivity index (χ1n) is 5.73. The van der Waals surface area contributed by atoms with Gasteiger partial charge in [-0.1, -0.05) is 12.8 Å². The lowest BCUT2D eigenvalue weighted by molar-refractivity contribution is -0.0287. The van der Waals surface area contributed by atoms with Crippen LogP contribution in [0.1, 0.15) is 45.4 Å². The summed E-state index contributed by atoms with van der Waals surface area (Å²) in [5.74, 6) is 0. The molecular weight excluding hydrogens is 162 g/mol. The summed E-state index contributed by atoms with van der Waals surface area (Å²) < 4.78 is 6.08. The summed E-state index contributed by atoms with van der Waals surface area (Å²) in [5, 5.41) is 3.46. The average Bonchev–Trinajstić information content (AvgIpc) is 2.57. The van der Waals surface area contributed by atoms with Gasteiger partial charge in [0.2, 0.25) is 0 Å². The van der Waals surface area contributed by atoms with Crippen molar-refractivity contribution in [2.75, 3.05) is 6.54 Å². The highest BCUT2D eigenvalue weighted by Crippen LogP contribution is 2.25. The van der Waals surface area contributed by atoms with Crippen molar-refractivity contribution in [3.05, 3.63) is 0 Å². The van der Waals surface area contributed by atoms with Gasteiger partial charge < -0.3 is 10.1 Å². The Bertz CT molecular complexity index is 154. The van der Waals surface area contributed by atoms with Crippen LogP contribution in [0.15, 0.2) is 0 Å². The molecule has 0 amide bonds. The lowest BCUT2D eigenvalue weighted by Crippen LogP contribution is -2.40. The lowest BCUT2D eigenvalue weighted by Gasteiger charge is -2.30. The van der Waals surface area contributed by atoms with Crippen molar-refractivity contribution < 1.29 is 4.74 Å². The van der Waals surface area contributed by atoms with Crippen LogP contribution < -0.4 is 5.32 Å². The number of piperidine rings is 1. The summed E-state index contributed by atoms with van der Waals surface area (Å²) in [6.07, 6.45) is 8.92. The topological polar surface area (TPSA) is 21.3 Å². The molecule has 1 aliphatic carbocycles. The second-order valence-corrected chi connectivity index (χ2v) is 4.54. The van der Waals surface area contributed by atoms with E-state index in [1.165, 1.54) is 38.5 Å². The molecule has 1 heterocycles. The monoisotopic (exact) mass is 183 g/mol. The molecule has 2 atom stereocenters. The van der Waals surface area contributed by atoms with Crippen molar-refractivity contribution in [1.82, 2.24) is 5.32 Å². The number of ether oxygens (including phenoxy) is 1. The van der Waals surface area contributed by atoms with Crippen LogP contribution in [0, 0.1) is 0 Å². The first-order chi connectivity index (χ1) is 6.34. The third-order valence-corrected chi connectivity index (χ3v) is 3.26. The van der Waals surface area contributed by atoms with Gasteiger partial charge in [-0.15, -0.1) is 0 Å². The van der Waals surface area contributed by atoms with E-state index in [0.717, 1.165) is 6.54 Å². The summed E-state index contributed by atoms with van der Waals surface area (Å²) >= 11 is 0. The van der Waals surface area contributed by atoms with Gasteiger partial charge in [0.25, 0.3) is 0 Å². The minimum Gasteiger partial charge on any atom is -0.375 e. The highest BCUT2D eigenvalue weighted by atomic mass is 16.5. The van der Waals surface area contributed by atoms with Gasteiger partial charge in [-0.2, -0.15) is 0 Å². The summed E-state index contributed by atoms with van der Waals surface area (Å²) in [6.45, 7) is 3.39. The Morgan fingerprint density at radius 3 is 2.54 bits per heavy atom. The predicted octanol–water partition coefficient (Wildman–Crippen LogP) is 2.09. The molecule has 2 rings (SSSR count). The Hall–Kier alpha value is -0.0800. The molecule has 76 valence electrons. The molecule has 0 aromatic carbocycles. The largest absolute Gasteiger partial charge is 0.375 e. The first kappa shape index (κ1) is 9.47. The summed E-state index contributed by atoms with van der Waals surface area (Å²) in [7, 11) is 0. The third-order valence-electron chi connectivity index (χ3n) is 3.26. The molecule has 13 heavy (non-hydrogen) atoms. The Labute approximate surface area is 81.0 Å². The maximum atomic E-state index is 6.08. The first-order valence-corrected chi connectivity index (χ1v) is 5.73. The Morgan fingerprint density at radius 1 is 1.08 bits per heavy atom. The molecule has 1 aliphatic heterocycles. The van der Waals surface area contributed by atoms with Crippen LogP contribution >= 0.6 is 0 Å². The van der Waals surface area contributed by atoms with Crippen LogP contribution in [0.5, 0.6) is 0 Å². The van der Waals surface area contributed by atoms with Crippen LogP contribution in [-0.2, 0) is 4.74 Å². The molecule has 0 bridgehead atoms. The van der Waals surface area contributed by atoms with Crippen LogP contribution in [-0.4, -0.2) is 24.8 Å². The van der Waals surface area contributed by atoms with E-state index in [0.29, 0.717) is 18.2 Å². The fourth-order valence-corrected chi connectivity index (χ4v) is 2.51. The van der Waals surface area contributed by atoms with Crippen molar-refractivity contribution in [3.63, 3.8) is 0 Å². The molecule has 2 heteroatoms. The highest BCUT2D eigenvalue weighted by molar-refractivity contribution is 4.78. The molecule has 0 spiro atoms. The van der Waals surface area contributed by atoms with Crippen molar-refractivity contribution in [2.24, 2.45) is 0 Å². The van der Waals surface area contributed by atoms with Gasteiger partial charge in [-0.05, 0) is 39.2 Å². The van der Waals surface area contributed by atoms with Crippen molar-refractivity contribution >= 4 is 0 Å². The van der Waals surface area contributed by atoms with E-state index in [2.05, 4.69) is 12.2 Å². The Balaban J connectivity index is 1.73. The van der Waals surface area contributed by atoms with Crippen LogP contribution in [0.3, 0.4) is 0 Å². The normalized spacial score (nSPS) is 36.7. The highest BCUT2D eigenvalue weighted by Gasteiger charge is 2.24. The Morgan fingerprint density at radius 2 is 1.85 bits per heavy atom. The van der Waals surface area contributed by atoms with Crippen LogP contribution in [0.25, 0.3) is 0 Å². The van der Waals surface area contributed by atoms with E-state index >= 15 is 0 Å². The van der Waals surface area contributed by atoms with Crippen molar-refractivity contribution in [3.8, 4) is 0 Å². The van der Waals surface area contributed by atoms with Gasteiger partial charge in [0.15, 0.2) is 0 Å². The maximum absolute atomic E-state index is 6.08. The number of rotatable bonds is 2. The van der Waals surface area contributed by atoms with Gasteiger partial charge in [0.05, 0.1) is 12.2 Å². The quantitative estimate of drug-likeness (QED) is 0.707. The minimum atomic E-state index is 0.541. The second-order valence-electron chi connectivity index (χ2n) is 4.54. The van der Waals surface area contributed by atoms with Crippen LogP contribution in [0.4, 0.5) is 0 Å².